The van der Waals surface area contributed by atoms with Crippen LogP contribution in [0.15, 0.2) is 4.47 Å². The predicted molar refractivity (Wildman–Crippen MR) is 68.6 cm³/mol. The van der Waals surface area contributed by atoms with Crippen LogP contribution in [0.5, 0.6) is 0 Å². The van der Waals surface area contributed by atoms with Crippen LogP contribution in [-0.4, -0.2) is 23.6 Å². The van der Waals surface area contributed by atoms with E-state index in [0.29, 0.717) is 6.61 Å². The summed E-state index contributed by atoms with van der Waals surface area (Å²) in [5.74, 6) is 1.70. The summed E-state index contributed by atoms with van der Waals surface area (Å²) in [5.41, 5.74) is 0.896. The number of nitrogens with one attached hydrogen (secondary N) is 1. The highest BCUT2D eigenvalue weighted by Gasteiger charge is 2.10. The van der Waals surface area contributed by atoms with Crippen LogP contribution >= 0.6 is 15.9 Å². The van der Waals surface area contributed by atoms with Gasteiger partial charge in [-0.1, -0.05) is 13.8 Å². The van der Waals surface area contributed by atoms with Gasteiger partial charge in [0.05, 0.1) is 16.8 Å². The molecule has 1 aromatic rings. The van der Waals surface area contributed by atoms with Crippen molar-refractivity contribution >= 4 is 21.7 Å². The molecule has 5 heteroatoms. The van der Waals surface area contributed by atoms with E-state index in [9.17, 15) is 0 Å². The minimum Gasteiger partial charge on any atom is -0.378 e. The molecule has 0 unspecified atom stereocenters. The molecule has 0 saturated heterocycles. The molecule has 0 spiro atoms. The van der Waals surface area contributed by atoms with E-state index in [1.807, 2.05) is 6.92 Å². The number of ether oxygens (including phenoxy) is 1. The number of nitrogens with zero attached hydrogens (tertiary/aromatic N) is 2. The molecule has 0 saturated carbocycles. The van der Waals surface area contributed by atoms with Gasteiger partial charge in [-0.2, -0.15) is 0 Å². The molecule has 16 heavy (non-hydrogen) atoms. The number of anilines is 1. The molecule has 0 aliphatic carbocycles. The zero-order chi connectivity index (χ0) is 12.0. The maximum absolute atomic E-state index is 5.12. The van der Waals surface area contributed by atoms with Crippen LogP contribution in [0, 0.1) is 0 Å². The molecule has 0 atom stereocenters. The summed E-state index contributed by atoms with van der Waals surface area (Å²) < 4.78 is 6.02. The second-order valence-corrected chi connectivity index (χ2v) is 4.26. The molecule has 0 aliphatic heterocycles. The highest BCUT2D eigenvalue weighted by atomic mass is 79.9. The molecule has 1 heterocycles. The first kappa shape index (κ1) is 13.4. The lowest BCUT2D eigenvalue weighted by atomic mass is 10.3. The number of methoxy groups -OCH3 is 1. The molecule has 90 valence electrons. The van der Waals surface area contributed by atoms with Gasteiger partial charge in [-0.3, -0.25) is 0 Å². The summed E-state index contributed by atoms with van der Waals surface area (Å²) in [6.07, 6.45) is 1.89. The topological polar surface area (TPSA) is 47.0 Å². The van der Waals surface area contributed by atoms with Crippen LogP contribution in [-0.2, 0) is 17.8 Å². The fourth-order valence-corrected chi connectivity index (χ4v) is 1.73. The van der Waals surface area contributed by atoms with Gasteiger partial charge >= 0.3 is 0 Å². The van der Waals surface area contributed by atoms with Crippen LogP contribution < -0.4 is 5.32 Å². The van der Waals surface area contributed by atoms with Crippen molar-refractivity contribution in [3.05, 3.63) is 16.0 Å². The Morgan fingerprint density at radius 3 is 2.62 bits per heavy atom. The average molecular weight is 288 g/mol. The molecule has 4 nitrogen and oxygen atoms in total. The number of hydrogen-bond donors (Lipinski definition) is 1. The maximum atomic E-state index is 5.12. The molecule has 0 bridgehead atoms. The zero-order valence-electron chi connectivity index (χ0n) is 10.0. The first-order valence-corrected chi connectivity index (χ1v) is 6.30. The van der Waals surface area contributed by atoms with E-state index in [1.165, 1.54) is 0 Å². The Morgan fingerprint density at radius 1 is 1.31 bits per heavy atom. The average Bonchev–Trinajstić information content (AvgIpc) is 2.30. The summed E-state index contributed by atoms with van der Waals surface area (Å²) in [4.78, 5) is 8.87. The van der Waals surface area contributed by atoms with E-state index in [0.717, 1.165) is 41.2 Å². The Hall–Kier alpha value is -0.680. The Labute approximate surface area is 105 Å². The normalized spacial score (nSPS) is 10.5. The third kappa shape index (κ3) is 3.42. The zero-order valence-corrected chi connectivity index (χ0v) is 11.6. The predicted octanol–water partition coefficient (Wildman–Crippen LogP) is 2.77. The lowest BCUT2D eigenvalue weighted by Crippen LogP contribution is -2.09. The minimum absolute atomic E-state index is 0.497. The van der Waals surface area contributed by atoms with Crippen LogP contribution in [0.25, 0.3) is 0 Å². The van der Waals surface area contributed by atoms with Crippen molar-refractivity contribution in [2.75, 3.05) is 19.0 Å². The van der Waals surface area contributed by atoms with Crippen molar-refractivity contribution in [3.8, 4) is 0 Å². The van der Waals surface area contributed by atoms with Crippen molar-refractivity contribution < 1.29 is 4.74 Å². The quantitative estimate of drug-likeness (QED) is 0.874. The third-order valence-corrected chi connectivity index (χ3v) is 2.94. The summed E-state index contributed by atoms with van der Waals surface area (Å²) in [7, 11) is 1.67. The fourth-order valence-electron chi connectivity index (χ4n) is 1.30. The Morgan fingerprint density at radius 2 is 2.06 bits per heavy atom. The van der Waals surface area contributed by atoms with Gasteiger partial charge in [0.1, 0.15) is 11.6 Å². The Kier molecular flexibility index (Phi) is 5.69. The fraction of sp³-hybridized carbons (Fsp3) is 0.636. The first-order chi connectivity index (χ1) is 7.72. The molecule has 1 N–H and O–H groups in total. The van der Waals surface area contributed by atoms with E-state index in [-0.39, 0.29) is 0 Å². The maximum Gasteiger partial charge on any atom is 0.144 e. The monoisotopic (exact) mass is 287 g/mol. The standard InChI is InChI=1S/C11H18BrN3O/c1-4-6-13-11-10(12)8(7-16-3)14-9(5-2)15-11/h4-7H2,1-3H3,(H,13,14,15). The molecular formula is C11H18BrN3O. The summed E-state index contributed by atoms with van der Waals surface area (Å²) in [5, 5.41) is 3.28. The highest BCUT2D eigenvalue weighted by molar-refractivity contribution is 9.10. The summed E-state index contributed by atoms with van der Waals surface area (Å²) in [6, 6.07) is 0. The first-order valence-electron chi connectivity index (χ1n) is 5.51. The van der Waals surface area contributed by atoms with Gasteiger partial charge in [-0.05, 0) is 22.4 Å². The number of aryl methyl sites for hydroxylation is 1. The van der Waals surface area contributed by atoms with Gasteiger partial charge in [-0.15, -0.1) is 0 Å². The van der Waals surface area contributed by atoms with Gasteiger partial charge in [0.15, 0.2) is 0 Å². The van der Waals surface area contributed by atoms with Gasteiger partial charge in [-0.25, -0.2) is 9.97 Å². The smallest absolute Gasteiger partial charge is 0.144 e. The van der Waals surface area contributed by atoms with Gasteiger partial charge < -0.3 is 10.1 Å². The van der Waals surface area contributed by atoms with Crippen molar-refractivity contribution in [2.24, 2.45) is 0 Å². The van der Waals surface area contributed by atoms with Crippen molar-refractivity contribution in [2.45, 2.75) is 33.3 Å². The van der Waals surface area contributed by atoms with Gasteiger partial charge in [0, 0.05) is 20.1 Å². The lowest BCUT2D eigenvalue weighted by molar-refractivity contribution is 0.180. The SMILES string of the molecule is CCCNc1nc(CC)nc(COC)c1Br. The van der Waals surface area contributed by atoms with E-state index in [2.05, 4.69) is 38.1 Å². The second kappa shape index (κ2) is 6.81. The molecule has 1 aromatic heterocycles. The van der Waals surface area contributed by atoms with Crippen LogP contribution in [0.2, 0.25) is 0 Å². The summed E-state index contributed by atoms with van der Waals surface area (Å²) >= 11 is 3.51. The van der Waals surface area contributed by atoms with Crippen molar-refractivity contribution in [1.29, 1.82) is 0 Å². The van der Waals surface area contributed by atoms with Crippen LogP contribution in [0.4, 0.5) is 5.82 Å². The van der Waals surface area contributed by atoms with E-state index < -0.39 is 0 Å². The molecule has 0 radical (unpaired) electrons. The number of aromatic nitrogens is 2. The largest absolute Gasteiger partial charge is 0.378 e. The molecular weight excluding hydrogens is 270 g/mol. The highest BCUT2D eigenvalue weighted by Crippen LogP contribution is 2.24. The molecule has 0 aliphatic rings. The van der Waals surface area contributed by atoms with Crippen LogP contribution in [0.3, 0.4) is 0 Å². The van der Waals surface area contributed by atoms with E-state index in [1.54, 1.807) is 7.11 Å². The van der Waals surface area contributed by atoms with Crippen molar-refractivity contribution in [1.82, 2.24) is 9.97 Å². The third-order valence-electron chi connectivity index (χ3n) is 2.11. The molecule has 0 amide bonds. The van der Waals surface area contributed by atoms with Crippen LogP contribution in [0.1, 0.15) is 31.8 Å². The lowest BCUT2D eigenvalue weighted by Gasteiger charge is -2.11. The number of rotatable bonds is 6. The van der Waals surface area contributed by atoms with E-state index in [4.69, 9.17) is 4.74 Å². The number of hydrogen-bond acceptors (Lipinski definition) is 4. The molecule has 1 rings (SSSR count). The second-order valence-electron chi connectivity index (χ2n) is 3.46. The van der Waals surface area contributed by atoms with Gasteiger partial charge in [0.2, 0.25) is 0 Å². The molecule has 0 aromatic carbocycles. The Bertz CT molecular complexity index is 344. The molecule has 0 fully saturated rings. The number of halogens is 1. The van der Waals surface area contributed by atoms with Crippen molar-refractivity contribution in [3.63, 3.8) is 0 Å². The minimum atomic E-state index is 0.497. The Balaban J connectivity index is 2.99. The summed E-state index contributed by atoms with van der Waals surface area (Å²) in [6.45, 7) is 5.57. The van der Waals surface area contributed by atoms with E-state index >= 15 is 0 Å². The van der Waals surface area contributed by atoms with Gasteiger partial charge in [0.25, 0.3) is 0 Å².